The van der Waals surface area contributed by atoms with Gasteiger partial charge in [0.05, 0.1) is 4.90 Å². The average Bonchev–Trinajstić information content (AvgIpc) is 2.55. The van der Waals surface area contributed by atoms with Crippen LogP contribution in [0.4, 0.5) is 0 Å². The molecule has 0 atom stereocenters. The van der Waals surface area contributed by atoms with E-state index in [1.807, 2.05) is 57.2 Å². The first-order chi connectivity index (χ1) is 11.8. The van der Waals surface area contributed by atoms with Gasteiger partial charge in [0.15, 0.2) is 0 Å². The van der Waals surface area contributed by atoms with Crippen LogP contribution in [-0.2, 0) is 10.0 Å². The highest BCUT2D eigenvalue weighted by molar-refractivity contribution is 7.99. The van der Waals surface area contributed by atoms with E-state index >= 15 is 0 Å². The fraction of sp³-hybridized carbons (Fsp3) is 0.300. The van der Waals surface area contributed by atoms with Crippen molar-refractivity contribution in [3.63, 3.8) is 0 Å². The summed E-state index contributed by atoms with van der Waals surface area (Å²) in [6, 6.07) is 17.1. The summed E-state index contributed by atoms with van der Waals surface area (Å²) in [5, 5.41) is 0. The van der Waals surface area contributed by atoms with Crippen molar-refractivity contribution in [3.8, 4) is 0 Å². The number of thioether (sulfide) groups is 1. The first kappa shape index (κ1) is 19.8. The van der Waals surface area contributed by atoms with Crippen LogP contribution >= 0.6 is 11.8 Å². The molecule has 0 aliphatic carbocycles. The van der Waals surface area contributed by atoms with Crippen molar-refractivity contribution in [2.75, 3.05) is 5.75 Å². The van der Waals surface area contributed by atoms with Crippen LogP contribution in [-0.4, -0.2) is 19.7 Å². The van der Waals surface area contributed by atoms with Gasteiger partial charge in [0, 0.05) is 16.2 Å². The minimum atomic E-state index is -3.51. The Morgan fingerprint density at radius 2 is 1.64 bits per heavy atom. The molecule has 3 nitrogen and oxygen atoms in total. The summed E-state index contributed by atoms with van der Waals surface area (Å²) < 4.78 is 27.8. The van der Waals surface area contributed by atoms with Gasteiger partial charge in [-0.3, -0.25) is 0 Å². The summed E-state index contributed by atoms with van der Waals surface area (Å²) in [6.07, 6.45) is 4.75. The van der Waals surface area contributed by atoms with Gasteiger partial charge in [0.2, 0.25) is 10.0 Å². The maximum absolute atomic E-state index is 12.5. The van der Waals surface area contributed by atoms with Gasteiger partial charge in [-0.25, -0.2) is 13.1 Å². The van der Waals surface area contributed by atoms with Crippen LogP contribution in [0, 0.1) is 6.92 Å². The molecule has 2 aromatic carbocycles. The molecule has 0 aromatic heterocycles. The van der Waals surface area contributed by atoms with Crippen LogP contribution < -0.4 is 4.72 Å². The predicted octanol–water partition coefficient (Wildman–Crippen LogP) is 4.79. The highest BCUT2D eigenvalue weighted by Crippen LogP contribution is 2.19. The van der Waals surface area contributed by atoms with E-state index in [0.29, 0.717) is 11.3 Å². The molecular weight excluding hydrogens is 350 g/mol. The van der Waals surface area contributed by atoms with Crippen LogP contribution in [0.15, 0.2) is 76.5 Å². The predicted molar refractivity (Wildman–Crippen MR) is 107 cm³/mol. The van der Waals surface area contributed by atoms with Gasteiger partial charge >= 0.3 is 0 Å². The molecule has 2 rings (SSSR count). The number of hydrogen-bond acceptors (Lipinski definition) is 3. The largest absolute Gasteiger partial charge is 0.241 e. The topological polar surface area (TPSA) is 46.2 Å². The Kier molecular flexibility index (Phi) is 6.87. The van der Waals surface area contributed by atoms with E-state index in [9.17, 15) is 8.42 Å². The molecule has 0 aliphatic heterocycles. The zero-order chi connectivity index (χ0) is 18.3. The first-order valence-corrected chi connectivity index (χ1v) is 10.7. The number of hydrogen-bond donors (Lipinski definition) is 1. The Labute approximate surface area is 155 Å². The Balaban J connectivity index is 1.88. The molecule has 0 saturated heterocycles. The fourth-order valence-electron chi connectivity index (χ4n) is 2.29. The molecular formula is C20H25NO2S2. The molecule has 0 fully saturated rings. The van der Waals surface area contributed by atoms with Gasteiger partial charge in [-0.1, -0.05) is 48.0 Å². The highest BCUT2D eigenvalue weighted by Gasteiger charge is 2.24. The quantitative estimate of drug-likeness (QED) is 0.533. The number of aryl methyl sites for hydroxylation is 1. The van der Waals surface area contributed by atoms with E-state index in [0.717, 1.165) is 11.3 Å². The summed E-state index contributed by atoms with van der Waals surface area (Å²) in [4.78, 5) is 1.53. The minimum Gasteiger partial charge on any atom is -0.207 e. The van der Waals surface area contributed by atoms with Crippen LogP contribution in [0.5, 0.6) is 0 Å². The third-order valence-corrected chi connectivity index (χ3v) is 6.30. The molecule has 25 heavy (non-hydrogen) atoms. The van der Waals surface area contributed by atoms with Crippen molar-refractivity contribution in [2.45, 2.75) is 42.5 Å². The summed E-state index contributed by atoms with van der Waals surface area (Å²) in [5.74, 6) is 0.866. The van der Waals surface area contributed by atoms with Gasteiger partial charge in [0.1, 0.15) is 0 Å². The molecule has 0 saturated carbocycles. The smallest absolute Gasteiger partial charge is 0.207 e. The molecule has 0 heterocycles. The molecule has 0 bridgehead atoms. The lowest BCUT2D eigenvalue weighted by molar-refractivity contribution is 0.457. The maximum atomic E-state index is 12.5. The van der Waals surface area contributed by atoms with Crippen molar-refractivity contribution in [2.24, 2.45) is 0 Å². The van der Waals surface area contributed by atoms with Crippen LogP contribution in [0.1, 0.15) is 25.8 Å². The van der Waals surface area contributed by atoms with Gasteiger partial charge in [-0.2, -0.15) is 0 Å². The normalized spacial score (nSPS) is 12.6. The standard InChI is InChI=1S/C20H25NO2S2/c1-17-11-13-19(14-12-17)25(22,23)21-20(2,3)15-7-8-16-24-18-9-5-4-6-10-18/h4-14,21H,15-16H2,1-3H3/b8-7+. The molecule has 0 radical (unpaired) electrons. The fourth-order valence-corrected chi connectivity index (χ4v) is 4.49. The lowest BCUT2D eigenvalue weighted by Gasteiger charge is -2.24. The second kappa shape index (κ2) is 8.70. The monoisotopic (exact) mass is 375 g/mol. The zero-order valence-corrected chi connectivity index (χ0v) is 16.5. The SMILES string of the molecule is Cc1ccc(S(=O)(=O)NC(C)(C)C/C=C/CSc2ccccc2)cc1. The molecule has 0 unspecified atom stereocenters. The highest BCUT2D eigenvalue weighted by atomic mass is 32.2. The summed E-state index contributed by atoms with van der Waals surface area (Å²) in [7, 11) is -3.51. The number of benzene rings is 2. The Bertz CT molecular complexity index is 795. The summed E-state index contributed by atoms with van der Waals surface area (Å²) >= 11 is 1.76. The second-order valence-corrected chi connectivity index (χ2v) is 9.38. The van der Waals surface area contributed by atoms with E-state index < -0.39 is 15.6 Å². The van der Waals surface area contributed by atoms with Gasteiger partial charge < -0.3 is 0 Å². The Morgan fingerprint density at radius 1 is 1.00 bits per heavy atom. The third-order valence-electron chi connectivity index (χ3n) is 3.63. The van der Waals surface area contributed by atoms with Gasteiger partial charge in [0.25, 0.3) is 0 Å². The van der Waals surface area contributed by atoms with E-state index in [2.05, 4.69) is 22.9 Å². The third kappa shape index (κ3) is 6.69. The van der Waals surface area contributed by atoms with Gasteiger partial charge in [-0.15, -0.1) is 11.8 Å². The second-order valence-electron chi connectivity index (χ2n) is 6.60. The zero-order valence-electron chi connectivity index (χ0n) is 14.9. The van der Waals surface area contributed by atoms with Crippen LogP contribution in [0.25, 0.3) is 0 Å². The van der Waals surface area contributed by atoms with Gasteiger partial charge in [-0.05, 0) is 51.5 Å². The Hall–Kier alpha value is -1.56. The Morgan fingerprint density at radius 3 is 2.28 bits per heavy atom. The lowest BCUT2D eigenvalue weighted by Crippen LogP contribution is -2.42. The molecule has 5 heteroatoms. The molecule has 1 N–H and O–H groups in total. The molecule has 0 amide bonds. The summed E-state index contributed by atoms with van der Waals surface area (Å²) in [6.45, 7) is 5.73. The molecule has 134 valence electrons. The summed E-state index contributed by atoms with van der Waals surface area (Å²) in [5.41, 5.74) is 0.495. The number of nitrogens with one attached hydrogen (secondary N) is 1. The van der Waals surface area contributed by atoms with Crippen LogP contribution in [0.2, 0.25) is 0 Å². The average molecular weight is 376 g/mol. The number of rotatable bonds is 8. The number of sulfonamides is 1. The van der Waals surface area contributed by atoms with E-state index in [-0.39, 0.29) is 0 Å². The first-order valence-electron chi connectivity index (χ1n) is 8.22. The lowest BCUT2D eigenvalue weighted by atomic mass is 10.0. The molecule has 2 aromatic rings. The van der Waals surface area contributed by atoms with Crippen molar-refractivity contribution in [3.05, 3.63) is 72.3 Å². The van der Waals surface area contributed by atoms with E-state index in [1.165, 1.54) is 4.90 Å². The van der Waals surface area contributed by atoms with Crippen molar-refractivity contribution in [1.82, 2.24) is 4.72 Å². The minimum absolute atomic E-state index is 0.301. The van der Waals surface area contributed by atoms with E-state index in [4.69, 9.17) is 0 Å². The van der Waals surface area contributed by atoms with Crippen molar-refractivity contribution >= 4 is 21.8 Å². The molecule has 0 aliphatic rings. The van der Waals surface area contributed by atoms with Crippen molar-refractivity contribution in [1.29, 1.82) is 0 Å². The molecule has 0 spiro atoms. The van der Waals surface area contributed by atoms with E-state index in [1.54, 1.807) is 23.9 Å². The van der Waals surface area contributed by atoms with Crippen molar-refractivity contribution < 1.29 is 8.42 Å². The maximum Gasteiger partial charge on any atom is 0.241 e. The van der Waals surface area contributed by atoms with Crippen LogP contribution in [0.3, 0.4) is 0 Å².